The minimum absolute atomic E-state index is 0.0407. The summed E-state index contributed by atoms with van der Waals surface area (Å²) in [5.41, 5.74) is 4.44. The molecule has 0 amide bonds. The molecule has 5 aromatic rings. The lowest BCUT2D eigenvalue weighted by atomic mass is 9.91. The van der Waals surface area contributed by atoms with Crippen molar-refractivity contribution >= 4 is 50.5 Å². The minimum Gasteiger partial charge on any atom is -0.356 e. The van der Waals surface area contributed by atoms with Crippen molar-refractivity contribution < 1.29 is 8.91 Å². The molecule has 1 aliphatic heterocycles. The van der Waals surface area contributed by atoms with Crippen LogP contribution in [-0.4, -0.2) is 39.1 Å². The van der Waals surface area contributed by atoms with Crippen molar-refractivity contribution in [2.45, 2.75) is 32.1 Å². The van der Waals surface area contributed by atoms with Gasteiger partial charge >= 0.3 is 0 Å². The van der Waals surface area contributed by atoms with Crippen LogP contribution < -0.4 is 5.56 Å². The summed E-state index contributed by atoms with van der Waals surface area (Å²) in [6.45, 7) is 4.46. The highest BCUT2D eigenvalue weighted by atomic mass is 35.5. The van der Waals surface area contributed by atoms with Gasteiger partial charge in [-0.15, -0.1) is 11.3 Å². The number of fused-ring (bicyclic) bond motifs is 2. The normalized spacial score (nSPS) is 15.2. The number of aryl methyl sites for hydroxylation is 1. The van der Waals surface area contributed by atoms with Gasteiger partial charge in [-0.3, -0.25) is 9.20 Å². The van der Waals surface area contributed by atoms with E-state index in [9.17, 15) is 9.18 Å². The molecule has 1 saturated heterocycles. The number of thiazole rings is 1. The summed E-state index contributed by atoms with van der Waals surface area (Å²) in [5, 5.41) is 7.98. The molecule has 4 heterocycles. The first-order valence-electron chi connectivity index (χ1n) is 12.1. The SMILES string of the molecule is Cc1nc2scc(-c3ccc(Cl)c(Cl)c3)n2c(=O)c1CCN1CCC(c2noc3cc(F)ccc23)CC1. The molecule has 6 nitrogen and oxygen atoms in total. The van der Waals surface area contributed by atoms with Crippen molar-refractivity contribution in [3.63, 3.8) is 0 Å². The topological polar surface area (TPSA) is 63.6 Å². The fourth-order valence-corrected chi connectivity index (χ4v) is 6.39. The lowest BCUT2D eigenvalue weighted by Gasteiger charge is -2.31. The van der Waals surface area contributed by atoms with Crippen molar-refractivity contribution in [3.05, 3.63) is 84.9 Å². The smallest absolute Gasteiger partial charge is 0.262 e. The van der Waals surface area contributed by atoms with Gasteiger partial charge in [0.15, 0.2) is 10.5 Å². The molecule has 190 valence electrons. The van der Waals surface area contributed by atoms with Crippen molar-refractivity contribution in [1.82, 2.24) is 19.4 Å². The van der Waals surface area contributed by atoms with Gasteiger partial charge in [-0.05, 0) is 63.5 Å². The molecule has 0 aliphatic carbocycles. The number of halogens is 3. The highest BCUT2D eigenvalue weighted by Gasteiger charge is 2.25. The van der Waals surface area contributed by atoms with Crippen molar-refractivity contribution in [1.29, 1.82) is 0 Å². The van der Waals surface area contributed by atoms with Gasteiger partial charge in [-0.25, -0.2) is 9.37 Å². The molecule has 0 spiro atoms. The maximum atomic E-state index is 13.6. The Balaban J connectivity index is 1.18. The molecule has 0 radical (unpaired) electrons. The average molecular weight is 557 g/mol. The molecule has 6 rings (SSSR count). The maximum absolute atomic E-state index is 13.6. The van der Waals surface area contributed by atoms with E-state index in [0.29, 0.717) is 27.0 Å². The van der Waals surface area contributed by atoms with Gasteiger partial charge in [0.2, 0.25) is 0 Å². The van der Waals surface area contributed by atoms with E-state index in [2.05, 4.69) is 10.1 Å². The van der Waals surface area contributed by atoms with Crippen LogP contribution in [-0.2, 0) is 6.42 Å². The minimum atomic E-state index is -0.324. The van der Waals surface area contributed by atoms with Gasteiger partial charge < -0.3 is 9.42 Å². The highest BCUT2D eigenvalue weighted by Crippen LogP contribution is 2.33. The van der Waals surface area contributed by atoms with E-state index in [-0.39, 0.29) is 17.3 Å². The quantitative estimate of drug-likeness (QED) is 0.240. The zero-order valence-electron chi connectivity index (χ0n) is 20.0. The molecule has 1 fully saturated rings. The van der Waals surface area contributed by atoms with Crippen LogP contribution in [0.2, 0.25) is 10.0 Å². The molecule has 0 unspecified atom stereocenters. The molecule has 0 atom stereocenters. The Kier molecular flexibility index (Phi) is 6.52. The summed E-state index contributed by atoms with van der Waals surface area (Å²) in [4.78, 5) is 21.4. The molecule has 0 saturated carbocycles. The molecule has 0 N–H and O–H groups in total. The van der Waals surface area contributed by atoms with Gasteiger partial charge in [0.05, 0.1) is 21.4 Å². The number of piperidine rings is 1. The monoisotopic (exact) mass is 556 g/mol. The van der Waals surface area contributed by atoms with E-state index in [1.165, 1.54) is 23.5 Å². The lowest BCUT2D eigenvalue weighted by molar-refractivity contribution is 0.211. The third-order valence-electron chi connectivity index (χ3n) is 7.20. The lowest BCUT2D eigenvalue weighted by Crippen LogP contribution is -2.35. The third-order valence-corrected chi connectivity index (χ3v) is 8.76. The van der Waals surface area contributed by atoms with Gasteiger partial charge in [0.25, 0.3) is 5.56 Å². The predicted molar refractivity (Wildman–Crippen MR) is 146 cm³/mol. The molecular weight excluding hydrogens is 534 g/mol. The van der Waals surface area contributed by atoms with Crippen LogP contribution in [0.4, 0.5) is 4.39 Å². The Bertz CT molecular complexity index is 1690. The number of hydrogen-bond donors (Lipinski definition) is 0. The van der Waals surface area contributed by atoms with Gasteiger partial charge in [-0.1, -0.05) is 34.4 Å². The fraction of sp³-hybridized carbons (Fsp3) is 0.296. The first-order valence-corrected chi connectivity index (χ1v) is 13.7. The number of benzene rings is 2. The van der Waals surface area contributed by atoms with Crippen molar-refractivity contribution in [2.24, 2.45) is 0 Å². The zero-order valence-corrected chi connectivity index (χ0v) is 22.3. The van der Waals surface area contributed by atoms with Gasteiger partial charge in [-0.2, -0.15) is 0 Å². The predicted octanol–water partition coefficient (Wildman–Crippen LogP) is 6.74. The summed E-state index contributed by atoms with van der Waals surface area (Å²) in [6, 6.07) is 9.95. The Morgan fingerprint density at radius 1 is 1.14 bits per heavy atom. The standard InChI is InChI=1S/C27H23Cl2FN4O2S/c1-15-19(26(35)34-23(14-37-27(34)31-15)17-2-5-21(28)22(29)12-17)8-11-33-9-6-16(7-10-33)25-20-4-3-18(30)13-24(20)36-32-25/h2-5,12-14,16H,6-11H2,1H3. The summed E-state index contributed by atoms with van der Waals surface area (Å²) >= 11 is 13.7. The number of hydrogen-bond acceptors (Lipinski definition) is 6. The summed E-state index contributed by atoms with van der Waals surface area (Å²) < 4.78 is 20.5. The Morgan fingerprint density at radius 3 is 2.73 bits per heavy atom. The van der Waals surface area contributed by atoms with E-state index < -0.39 is 0 Å². The van der Waals surface area contributed by atoms with E-state index in [1.54, 1.807) is 22.6 Å². The first kappa shape index (κ1) is 24.6. The van der Waals surface area contributed by atoms with Crippen LogP contribution in [0.1, 0.15) is 35.7 Å². The van der Waals surface area contributed by atoms with Crippen LogP contribution in [0.3, 0.4) is 0 Å². The average Bonchev–Trinajstić information content (AvgIpc) is 3.50. The summed E-state index contributed by atoms with van der Waals surface area (Å²) in [5.74, 6) is -0.0525. The van der Waals surface area contributed by atoms with E-state index in [1.807, 2.05) is 18.4 Å². The highest BCUT2D eigenvalue weighted by molar-refractivity contribution is 7.15. The van der Waals surface area contributed by atoms with Crippen molar-refractivity contribution in [2.75, 3.05) is 19.6 Å². The molecule has 3 aromatic heterocycles. The largest absolute Gasteiger partial charge is 0.356 e. The Morgan fingerprint density at radius 2 is 1.95 bits per heavy atom. The van der Waals surface area contributed by atoms with E-state index in [0.717, 1.165) is 66.1 Å². The number of likely N-dealkylation sites (tertiary alicyclic amines) is 1. The molecule has 2 aromatic carbocycles. The van der Waals surface area contributed by atoms with Crippen LogP contribution in [0.15, 0.2) is 51.1 Å². The molecular formula is C27H23Cl2FN4O2S. The van der Waals surface area contributed by atoms with Gasteiger partial charge in [0.1, 0.15) is 5.82 Å². The molecule has 0 bridgehead atoms. The van der Waals surface area contributed by atoms with Gasteiger partial charge in [0, 0.05) is 46.1 Å². The van der Waals surface area contributed by atoms with Crippen LogP contribution in [0.5, 0.6) is 0 Å². The van der Waals surface area contributed by atoms with Crippen molar-refractivity contribution in [3.8, 4) is 11.3 Å². The second kappa shape index (κ2) is 9.83. The second-order valence-electron chi connectivity index (χ2n) is 9.42. The van der Waals surface area contributed by atoms with Crippen LogP contribution in [0, 0.1) is 12.7 Å². The molecule has 1 aliphatic rings. The fourth-order valence-electron chi connectivity index (χ4n) is 5.16. The van der Waals surface area contributed by atoms with E-state index in [4.69, 9.17) is 32.7 Å². The summed E-state index contributed by atoms with van der Waals surface area (Å²) in [7, 11) is 0. The van der Waals surface area contributed by atoms with E-state index >= 15 is 0 Å². The Hall–Kier alpha value is -2.78. The third kappa shape index (κ3) is 4.56. The summed E-state index contributed by atoms with van der Waals surface area (Å²) in [6.07, 6.45) is 2.48. The number of rotatable bonds is 5. The molecule has 37 heavy (non-hydrogen) atoms. The maximum Gasteiger partial charge on any atom is 0.262 e. The first-order chi connectivity index (χ1) is 17.9. The van der Waals surface area contributed by atoms with Crippen LogP contribution in [0.25, 0.3) is 27.2 Å². The zero-order chi connectivity index (χ0) is 25.7. The number of nitrogens with zero attached hydrogens (tertiary/aromatic N) is 4. The number of aromatic nitrogens is 3. The second-order valence-corrected chi connectivity index (χ2v) is 11.1. The molecule has 10 heteroatoms. The Labute approximate surface area is 226 Å². The van der Waals surface area contributed by atoms with Crippen LogP contribution >= 0.6 is 34.5 Å².